The summed E-state index contributed by atoms with van der Waals surface area (Å²) in [5.41, 5.74) is 0.222. The Morgan fingerprint density at radius 1 is 1.25 bits per heavy atom. The second-order valence-electron chi connectivity index (χ2n) is 6.10. The molecule has 1 N–H and O–H groups in total. The molecule has 2 amide bonds. The number of nitrogens with one attached hydrogen (secondary N) is 1. The van der Waals surface area contributed by atoms with Crippen molar-refractivity contribution in [3.63, 3.8) is 0 Å². The van der Waals surface area contributed by atoms with Crippen molar-refractivity contribution >= 4 is 17.5 Å². The molecule has 0 unspecified atom stereocenters. The lowest BCUT2D eigenvalue weighted by Crippen LogP contribution is -2.51. The van der Waals surface area contributed by atoms with E-state index in [0.29, 0.717) is 38.3 Å². The van der Waals surface area contributed by atoms with Crippen molar-refractivity contribution in [2.24, 2.45) is 0 Å². The van der Waals surface area contributed by atoms with E-state index in [1.807, 2.05) is 18.7 Å². The molecule has 8 nitrogen and oxygen atoms in total. The first-order valence-corrected chi connectivity index (χ1v) is 7.92. The summed E-state index contributed by atoms with van der Waals surface area (Å²) >= 11 is 0. The van der Waals surface area contributed by atoms with E-state index in [-0.39, 0.29) is 23.5 Å². The van der Waals surface area contributed by atoms with Crippen molar-refractivity contribution in [3.05, 3.63) is 39.9 Å². The zero-order valence-corrected chi connectivity index (χ0v) is 13.9. The highest BCUT2D eigenvalue weighted by atomic mass is 16.6. The Bertz CT molecular complexity index is 624. The summed E-state index contributed by atoms with van der Waals surface area (Å²) in [5, 5.41) is 13.7. The van der Waals surface area contributed by atoms with E-state index in [0.717, 1.165) is 0 Å². The molecule has 1 saturated heterocycles. The van der Waals surface area contributed by atoms with Crippen LogP contribution in [-0.4, -0.2) is 65.3 Å². The molecule has 2 rings (SSSR count). The van der Waals surface area contributed by atoms with Crippen molar-refractivity contribution in [3.8, 4) is 0 Å². The molecule has 0 atom stereocenters. The molecule has 24 heavy (non-hydrogen) atoms. The summed E-state index contributed by atoms with van der Waals surface area (Å²) in [6.45, 7) is 6.34. The molecule has 0 aliphatic carbocycles. The number of nitro groups is 1. The summed E-state index contributed by atoms with van der Waals surface area (Å²) in [6, 6.07) is 5.86. The van der Waals surface area contributed by atoms with Crippen molar-refractivity contribution < 1.29 is 14.5 Å². The minimum Gasteiger partial charge on any atom is -0.353 e. The van der Waals surface area contributed by atoms with E-state index < -0.39 is 4.92 Å². The van der Waals surface area contributed by atoms with Crippen LogP contribution < -0.4 is 5.32 Å². The fraction of sp³-hybridized carbons (Fsp3) is 0.500. The third kappa shape index (κ3) is 4.76. The molecule has 0 saturated carbocycles. The van der Waals surface area contributed by atoms with E-state index in [1.165, 1.54) is 18.2 Å². The quantitative estimate of drug-likeness (QED) is 0.637. The Kier molecular flexibility index (Phi) is 5.86. The van der Waals surface area contributed by atoms with Crippen LogP contribution in [-0.2, 0) is 4.79 Å². The Balaban J connectivity index is 1.90. The fourth-order valence-electron chi connectivity index (χ4n) is 2.61. The maximum atomic E-state index is 12.5. The van der Waals surface area contributed by atoms with Crippen LogP contribution in [0.5, 0.6) is 0 Å². The number of carbonyl (C=O) groups excluding carboxylic acids is 2. The minimum atomic E-state index is -0.512. The third-order valence-electron chi connectivity index (χ3n) is 3.78. The summed E-state index contributed by atoms with van der Waals surface area (Å²) in [4.78, 5) is 38.2. The number of benzene rings is 1. The van der Waals surface area contributed by atoms with Gasteiger partial charge in [0.05, 0.1) is 11.5 Å². The smallest absolute Gasteiger partial charge is 0.270 e. The first-order chi connectivity index (χ1) is 11.4. The van der Waals surface area contributed by atoms with Gasteiger partial charge in [-0.1, -0.05) is 6.07 Å². The monoisotopic (exact) mass is 334 g/mol. The van der Waals surface area contributed by atoms with Gasteiger partial charge in [0, 0.05) is 49.9 Å². The van der Waals surface area contributed by atoms with Gasteiger partial charge in [-0.15, -0.1) is 0 Å². The van der Waals surface area contributed by atoms with Crippen LogP contribution in [0.15, 0.2) is 24.3 Å². The molecule has 1 aromatic rings. The zero-order valence-electron chi connectivity index (χ0n) is 13.9. The van der Waals surface area contributed by atoms with Crippen LogP contribution in [0, 0.1) is 10.1 Å². The van der Waals surface area contributed by atoms with Crippen LogP contribution in [0.1, 0.15) is 24.2 Å². The lowest BCUT2D eigenvalue weighted by atomic mass is 10.1. The first kappa shape index (κ1) is 17.9. The Hall–Kier alpha value is -2.48. The predicted octanol–water partition coefficient (Wildman–Crippen LogP) is 0.877. The fourth-order valence-corrected chi connectivity index (χ4v) is 2.61. The van der Waals surface area contributed by atoms with Crippen LogP contribution in [0.25, 0.3) is 0 Å². The summed E-state index contributed by atoms with van der Waals surface area (Å²) < 4.78 is 0. The highest BCUT2D eigenvalue weighted by molar-refractivity contribution is 5.95. The summed E-state index contributed by atoms with van der Waals surface area (Å²) in [7, 11) is 0. The number of piperazine rings is 1. The molecular formula is C16H22N4O4. The van der Waals surface area contributed by atoms with Crippen molar-refractivity contribution in [2.45, 2.75) is 19.9 Å². The maximum Gasteiger partial charge on any atom is 0.270 e. The highest BCUT2D eigenvalue weighted by Gasteiger charge is 2.24. The number of amides is 2. The number of non-ortho nitro benzene ring substituents is 1. The van der Waals surface area contributed by atoms with Gasteiger partial charge in [0.25, 0.3) is 11.6 Å². The van der Waals surface area contributed by atoms with E-state index in [2.05, 4.69) is 5.32 Å². The molecular weight excluding hydrogens is 312 g/mol. The Morgan fingerprint density at radius 3 is 2.50 bits per heavy atom. The van der Waals surface area contributed by atoms with Gasteiger partial charge in [0.2, 0.25) is 5.91 Å². The SMILES string of the molecule is CC(C)NC(=O)CN1CCN(C(=O)c2cccc([N+](=O)[O-])c2)CC1. The average Bonchev–Trinajstić information content (AvgIpc) is 2.54. The van der Waals surface area contributed by atoms with E-state index in [4.69, 9.17) is 0 Å². The number of rotatable bonds is 5. The molecule has 1 fully saturated rings. The third-order valence-corrected chi connectivity index (χ3v) is 3.78. The van der Waals surface area contributed by atoms with E-state index >= 15 is 0 Å². The summed E-state index contributed by atoms with van der Waals surface area (Å²) in [5.74, 6) is -0.242. The van der Waals surface area contributed by atoms with Crippen molar-refractivity contribution in [1.29, 1.82) is 0 Å². The van der Waals surface area contributed by atoms with Gasteiger partial charge < -0.3 is 10.2 Å². The molecule has 0 radical (unpaired) electrons. The molecule has 130 valence electrons. The second-order valence-corrected chi connectivity index (χ2v) is 6.10. The molecule has 1 aliphatic rings. The van der Waals surface area contributed by atoms with Gasteiger partial charge in [-0.3, -0.25) is 24.6 Å². The topological polar surface area (TPSA) is 95.8 Å². The van der Waals surface area contributed by atoms with Crippen LogP contribution >= 0.6 is 0 Å². The zero-order chi connectivity index (χ0) is 17.7. The molecule has 0 aromatic heterocycles. The number of nitro benzene ring substituents is 1. The van der Waals surface area contributed by atoms with Crippen molar-refractivity contribution in [2.75, 3.05) is 32.7 Å². The number of hydrogen-bond donors (Lipinski definition) is 1. The van der Waals surface area contributed by atoms with Gasteiger partial charge in [-0.2, -0.15) is 0 Å². The van der Waals surface area contributed by atoms with Crippen LogP contribution in [0.4, 0.5) is 5.69 Å². The van der Waals surface area contributed by atoms with E-state index in [9.17, 15) is 19.7 Å². The lowest BCUT2D eigenvalue weighted by Gasteiger charge is -2.34. The molecule has 0 spiro atoms. The number of nitrogens with zero attached hydrogens (tertiary/aromatic N) is 3. The van der Waals surface area contributed by atoms with Gasteiger partial charge in [0.1, 0.15) is 0 Å². The maximum absolute atomic E-state index is 12.5. The number of carbonyl (C=O) groups is 2. The largest absolute Gasteiger partial charge is 0.353 e. The second kappa shape index (κ2) is 7.87. The standard InChI is InChI=1S/C16H22N4O4/c1-12(2)17-15(21)11-18-6-8-19(9-7-18)16(22)13-4-3-5-14(10-13)20(23)24/h3-5,10,12H,6-9,11H2,1-2H3,(H,17,21). The molecule has 0 bridgehead atoms. The molecule has 1 heterocycles. The van der Waals surface area contributed by atoms with Crippen LogP contribution in [0.2, 0.25) is 0 Å². The van der Waals surface area contributed by atoms with Gasteiger partial charge >= 0.3 is 0 Å². The van der Waals surface area contributed by atoms with Gasteiger partial charge in [-0.25, -0.2) is 0 Å². The van der Waals surface area contributed by atoms with Gasteiger partial charge in [0.15, 0.2) is 0 Å². The van der Waals surface area contributed by atoms with Crippen LogP contribution in [0.3, 0.4) is 0 Å². The lowest BCUT2D eigenvalue weighted by molar-refractivity contribution is -0.384. The van der Waals surface area contributed by atoms with Crippen molar-refractivity contribution in [1.82, 2.24) is 15.1 Å². The van der Waals surface area contributed by atoms with Gasteiger partial charge in [-0.05, 0) is 19.9 Å². The molecule has 1 aliphatic heterocycles. The molecule has 8 heteroatoms. The average molecular weight is 334 g/mol. The first-order valence-electron chi connectivity index (χ1n) is 7.92. The van der Waals surface area contributed by atoms with E-state index in [1.54, 1.807) is 11.0 Å². The minimum absolute atomic E-state index is 0.0246. The number of hydrogen-bond acceptors (Lipinski definition) is 5. The Labute approximate surface area is 140 Å². The molecule has 1 aromatic carbocycles. The predicted molar refractivity (Wildman–Crippen MR) is 88.7 cm³/mol. The summed E-state index contributed by atoms with van der Waals surface area (Å²) in [6.07, 6.45) is 0. The Morgan fingerprint density at radius 2 is 1.92 bits per heavy atom. The normalized spacial score (nSPS) is 15.4. The highest BCUT2D eigenvalue weighted by Crippen LogP contribution is 2.15.